The summed E-state index contributed by atoms with van der Waals surface area (Å²) in [5, 5.41) is 2.62. The summed E-state index contributed by atoms with van der Waals surface area (Å²) < 4.78 is 13.4. The van der Waals surface area contributed by atoms with Gasteiger partial charge in [-0.1, -0.05) is 11.6 Å². The summed E-state index contributed by atoms with van der Waals surface area (Å²) in [5.41, 5.74) is 1.68. The van der Waals surface area contributed by atoms with Gasteiger partial charge in [0, 0.05) is 6.20 Å². The largest absolute Gasteiger partial charge is 0.347 e. The Bertz CT molecular complexity index is 523. The van der Waals surface area contributed by atoms with Gasteiger partial charge in [0.05, 0.1) is 24.1 Å². The SMILES string of the molecule is Cc1ccc(F)c(C(=O)NCc2cnc[nH]2)c1. The van der Waals surface area contributed by atoms with Crippen LogP contribution in [0.15, 0.2) is 30.7 Å². The second-order valence-electron chi connectivity index (χ2n) is 3.74. The molecule has 2 N–H and O–H groups in total. The van der Waals surface area contributed by atoms with E-state index in [1.807, 2.05) is 6.92 Å². The minimum atomic E-state index is -0.516. The van der Waals surface area contributed by atoms with Crippen LogP contribution in [0, 0.1) is 12.7 Å². The maximum absolute atomic E-state index is 13.4. The van der Waals surface area contributed by atoms with Crippen molar-refractivity contribution in [1.29, 1.82) is 0 Å². The van der Waals surface area contributed by atoms with Gasteiger partial charge in [-0.05, 0) is 19.1 Å². The van der Waals surface area contributed by atoms with Crippen LogP contribution in [0.4, 0.5) is 4.39 Å². The molecule has 0 spiro atoms. The van der Waals surface area contributed by atoms with Crippen LogP contribution >= 0.6 is 0 Å². The fourth-order valence-electron chi connectivity index (χ4n) is 1.47. The average molecular weight is 233 g/mol. The summed E-state index contributed by atoms with van der Waals surface area (Å²) in [7, 11) is 0. The van der Waals surface area contributed by atoms with Gasteiger partial charge in [-0.3, -0.25) is 4.79 Å². The quantitative estimate of drug-likeness (QED) is 0.849. The van der Waals surface area contributed by atoms with Crippen molar-refractivity contribution in [2.45, 2.75) is 13.5 Å². The number of halogens is 1. The van der Waals surface area contributed by atoms with E-state index in [0.717, 1.165) is 11.3 Å². The zero-order valence-corrected chi connectivity index (χ0v) is 9.33. The molecule has 0 atom stereocenters. The van der Waals surface area contributed by atoms with E-state index in [1.54, 1.807) is 12.3 Å². The third-order valence-electron chi connectivity index (χ3n) is 2.36. The van der Waals surface area contributed by atoms with E-state index in [1.165, 1.54) is 18.5 Å². The van der Waals surface area contributed by atoms with Crippen molar-refractivity contribution < 1.29 is 9.18 Å². The van der Waals surface area contributed by atoms with Gasteiger partial charge in [-0.2, -0.15) is 0 Å². The van der Waals surface area contributed by atoms with Crippen molar-refractivity contribution in [3.8, 4) is 0 Å². The monoisotopic (exact) mass is 233 g/mol. The highest BCUT2D eigenvalue weighted by molar-refractivity contribution is 5.94. The molecule has 88 valence electrons. The summed E-state index contributed by atoms with van der Waals surface area (Å²) in [4.78, 5) is 18.4. The molecule has 1 aromatic carbocycles. The lowest BCUT2D eigenvalue weighted by molar-refractivity contribution is 0.0946. The lowest BCUT2D eigenvalue weighted by Gasteiger charge is -2.05. The van der Waals surface area contributed by atoms with Gasteiger partial charge in [0.25, 0.3) is 5.91 Å². The molecule has 0 aliphatic rings. The summed E-state index contributed by atoms with van der Waals surface area (Å²) >= 11 is 0. The zero-order chi connectivity index (χ0) is 12.3. The maximum atomic E-state index is 13.4. The van der Waals surface area contributed by atoms with Gasteiger partial charge in [-0.25, -0.2) is 9.37 Å². The highest BCUT2D eigenvalue weighted by Crippen LogP contribution is 2.09. The first kappa shape index (κ1) is 11.3. The first-order chi connectivity index (χ1) is 8.16. The second-order valence-corrected chi connectivity index (χ2v) is 3.74. The summed E-state index contributed by atoms with van der Waals surface area (Å²) in [5.74, 6) is -0.946. The predicted molar refractivity (Wildman–Crippen MR) is 60.9 cm³/mol. The summed E-state index contributed by atoms with van der Waals surface area (Å²) in [6.45, 7) is 2.11. The third-order valence-corrected chi connectivity index (χ3v) is 2.36. The Balaban J connectivity index is 2.07. The van der Waals surface area contributed by atoms with Crippen LogP contribution in [0.2, 0.25) is 0 Å². The molecule has 0 saturated carbocycles. The van der Waals surface area contributed by atoms with Crippen molar-refractivity contribution in [1.82, 2.24) is 15.3 Å². The number of hydrogen-bond acceptors (Lipinski definition) is 2. The molecule has 0 bridgehead atoms. The van der Waals surface area contributed by atoms with Crippen LogP contribution in [-0.4, -0.2) is 15.9 Å². The van der Waals surface area contributed by atoms with Crippen LogP contribution in [-0.2, 0) is 6.54 Å². The molecule has 0 aliphatic heterocycles. The molecule has 17 heavy (non-hydrogen) atoms. The molecular weight excluding hydrogens is 221 g/mol. The molecule has 1 aromatic heterocycles. The Labute approximate surface area is 97.9 Å². The number of carbonyl (C=O) groups is 1. The number of aryl methyl sites for hydroxylation is 1. The Hall–Kier alpha value is -2.17. The number of aromatic nitrogens is 2. The molecule has 0 saturated heterocycles. The van der Waals surface area contributed by atoms with Crippen LogP contribution in [0.25, 0.3) is 0 Å². The fourth-order valence-corrected chi connectivity index (χ4v) is 1.47. The number of nitrogens with one attached hydrogen (secondary N) is 2. The Morgan fingerprint density at radius 1 is 1.53 bits per heavy atom. The second kappa shape index (κ2) is 4.78. The van der Waals surface area contributed by atoms with Gasteiger partial charge >= 0.3 is 0 Å². The Morgan fingerprint density at radius 2 is 2.35 bits per heavy atom. The van der Waals surface area contributed by atoms with E-state index in [2.05, 4.69) is 15.3 Å². The molecular formula is C12H12FN3O. The number of amides is 1. The lowest BCUT2D eigenvalue weighted by atomic mass is 10.1. The van der Waals surface area contributed by atoms with Crippen LogP contribution < -0.4 is 5.32 Å². The van der Waals surface area contributed by atoms with E-state index in [-0.39, 0.29) is 5.56 Å². The normalized spacial score (nSPS) is 10.2. The number of carbonyl (C=O) groups excluding carboxylic acids is 1. The van der Waals surface area contributed by atoms with E-state index >= 15 is 0 Å². The number of nitrogens with zero attached hydrogens (tertiary/aromatic N) is 1. The van der Waals surface area contributed by atoms with E-state index in [4.69, 9.17) is 0 Å². The molecule has 4 nitrogen and oxygen atoms in total. The van der Waals surface area contributed by atoms with Crippen molar-refractivity contribution in [2.24, 2.45) is 0 Å². The number of imidazole rings is 1. The minimum Gasteiger partial charge on any atom is -0.347 e. The van der Waals surface area contributed by atoms with Crippen LogP contribution in [0.1, 0.15) is 21.6 Å². The Morgan fingerprint density at radius 3 is 3.06 bits per heavy atom. The van der Waals surface area contributed by atoms with Crippen molar-refractivity contribution in [3.05, 3.63) is 53.4 Å². The molecule has 0 fully saturated rings. The zero-order valence-electron chi connectivity index (χ0n) is 9.33. The smallest absolute Gasteiger partial charge is 0.254 e. The fraction of sp³-hybridized carbons (Fsp3) is 0.167. The van der Waals surface area contributed by atoms with E-state index < -0.39 is 11.7 Å². The topological polar surface area (TPSA) is 57.8 Å². The number of H-pyrrole nitrogens is 1. The predicted octanol–water partition coefficient (Wildman–Crippen LogP) is 1.79. The molecule has 0 unspecified atom stereocenters. The van der Waals surface area contributed by atoms with Gasteiger partial charge in [-0.15, -0.1) is 0 Å². The highest BCUT2D eigenvalue weighted by atomic mass is 19.1. The van der Waals surface area contributed by atoms with Crippen molar-refractivity contribution in [2.75, 3.05) is 0 Å². The van der Waals surface area contributed by atoms with Crippen LogP contribution in [0.3, 0.4) is 0 Å². The van der Waals surface area contributed by atoms with E-state index in [9.17, 15) is 9.18 Å². The number of aromatic amines is 1. The molecule has 0 aliphatic carbocycles. The molecule has 5 heteroatoms. The van der Waals surface area contributed by atoms with Gasteiger partial charge in [0.2, 0.25) is 0 Å². The summed E-state index contributed by atoms with van der Waals surface area (Å²) in [6, 6.07) is 4.44. The number of rotatable bonds is 3. The van der Waals surface area contributed by atoms with Gasteiger partial charge in [0.1, 0.15) is 5.82 Å². The maximum Gasteiger partial charge on any atom is 0.254 e. The third kappa shape index (κ3) is 2.69. The average Bonchev–Trinajstić information content (AvgIpc) is 2.82. The van der Waals surface area contributed by atoms with Gasteiger partial charge < -0.3 is 10.3 Å². The highest BCUT2D eigenvalue weighted by Gasteiger charge is 2.11. The summed E-state index contributed by atoms with van der Waals surface area (Å²) in [6.07, 6.45) is 3.13. The van der Waals surface area contributed by atoms with Crippen molar-refractivity contribution >= 4 is 5.91 Å². The molecule has 0 radical (unpaired) electrons. The van der Waals surface area contributed by atoms with Crippen LogP contribution in [0.5, 0.6) is 0 Å². The minimum absolute atomic E-state index is 0.0597. The standard InChI is InChI=1S/C12H12FN3O/c1-8-2-3-11(13)10(4-8)12(17)15-6-9-5-14-7-16-9/h2-5,7H,6H2,1H3,(H,14,16)(H,15,17). The first-order valence-electron chi connectivity index (χ1n) is 5.18. The number of hydrogen-bond donors (Lipinski definition) is 2. The first-order valence-corrected chi connectivity index (χ1v) is 5.18. The molecule has 2 aromatic rings. The Kier molecular flexibility index (Phi) is 3.18. The molecule has 2 rings (SSSR count). The van der Waals surface area contributed by atoms with Gasteiger partial charge in [0.15, 0.2) is 0 Å². The molecule has 1 heterocycles. The van der Waals surface area contributed by atoms with E-state index in [0.29, 0.717) is 6.54 Å². The molecule has 1 amide bonds. The van der Waals surface area contributed by atoms with Crippen molar-refractivity contribution in [3.63, 3.8) is 0 Å². The lowest BCUT2D eigenvalue weighted by Crippen LogP contribution is -2.24. The number of benzene rings is 1.